The summed E-state index contributed by atoms with van der Waals surface area (Å²) in [6.45, 7) is 2.49. The molecule has 7 heteroatoms. The molecule has 0 bridgehead atoms. The van der Waals surface area contributed by atoms with Gasteiger partial charge in [0, 0.05) is 10.8 Å². The van der Waals surface area contributed by atoms with Crippen molar-refractivity contribution >= 4 is 33.3 Å². The van der Waals surface area contributed by atoms with Crippen LogP contribution in [0.15, 0.2) is 56.9 Å². The predicted molar refractivity (Wildman–Crippen MR) is 95.2 cm³/mol. The lowest BCUT2D eigenvalue weighted by molar-refractivity contribution is 0.0996. The minimum absolute atomic E-state index is 0.238. The largest absolute Gasteiger partial charge is 0.490 e. The van der Waals surface area contributed by atoms with E-state index >= 15 is 0 Å². The Kier molecular flexibility index (Phi) is 3.99. The van der Waals surface area contributed by atoms with E-state index in [0.717, 1.165) is 5.39 Å². The number of thiazole rings is 1. The first-order chi connectivity index (χ1) is 12.2. The Labute approximate surface area is 147 Å². The van der Waals surface area contributed by atoms with Gasteiger partial charge in [0.1, 0.15) is 5.69 Å². The Morgan fingerprint density at radius 3 is 3.04 bits per heavy atom. The first kappa shape index (κ1) is 15.5. The molecule has 6 nitrogen and oxygen atoms in total. The summed E-state index contributed by atoms with van der Waals surface area (Å²) >= 11 is 1.32. The van der Waals surface area contributed by atoms with Crippen LogP contribution in [0.1, 0.15) is 17.5 Å². The number of amides is 1. The van der Waals surface area contributed by atoms with Crippen molar-refractivity contribution in [1.82, 2.24) is 4.98 Å². The first-order valence-electron chi connectivity index (χ1n) is 7.70. The van der Waals surface area contributed by atoms with E-state index < -0.39 is 0 Å². The monoisotopic (exact) mass is 354 g/mol. The van der Waals surface area contributed by atoms with Gasteiger partial charge in [-0.25, -0.2) is 4.98 Å². The second kappa shape index (κ2) is 6.45. The van der Waals surface area contributed by atoms with Crippen LogP contribution in [0.4, 0.5) is 5.13 Å². The Hall–Kier alpha value is -3.06. The molecule has 0 unspecified atom stereocenters. The second-order valence-corrected chi connectivity index (χ2v) is 6.05. The molecule has 1 N–H and O–H groups in total. The highest BCUT2D eigenvalue weighted by Crippen LogP contribution is 2.34. The lowest BCUT2D eigenvalue weighted by Crippen LogP contribution is -2.10. The number of hydrogen-bond acceptors (Lipinski definition) is 6. The van der Waals surface area contributed by atoms with Crippen molar-refractivity contribution in [3.05, 3.63) is 53.8 Å². The molecule has 126 valence electrons. The molecular weight excluding hydrogens is 340 g/mol. The van der Waals surface area contributed by atoms with Crippen molar-refractivity contribution in [3.63, 3.8) is 0 Å². The zero-order valence-corrected chi connectivity index (χ0v) is 14.1. The van der Waals surface area contributed by atoms with Crippen LogP contribution in [0.25, 0.3) is 22.4 Å². The van der Waals surface area contributed by atoms with E-state index in [-0.39, 0.29) is 11.7 Å². The predicted octanol–water partition coefficient (Wildman–Crippen LogP) is 4.80. The lowest BCUT2D eigenvalue weighted by atomic mass is 10.2. The molecule has 25 heavy (non-hydrogen) atoms. The maximum Gasteiger partial charge on any atom is 0.293 e. The number of fused-ring (bicyclic) bond motifs is 1. The van der Waals surface area contributed by atoms with Crippen molar-refractivity contribution in [2.75, 3.05) is 11.9 Å². The van der Waals surface area contributed by atoms with Crippen LogP contribution < -0.4 is 10.1 Å². The number of nitrogens with zero attached hydrogens (tertiary/aromatic N) is 1. The van der Waals surface area contributed by atoms with E-state index in [1.807, 2.05) is 36.6 Å². The van der Waals surface area contributed by atoms with Crippen molar-refractivity contribution in [3.8, 4) is 17.2 Å². The van der Waals surface area contributed by atoms with Gasteiger partial charge in [-0.3, -0.25) is 10.1 Å². The minimum Gasteiger partial charge on any atom is -0.490 e. The Morgan fingerprint density at radius 1 is 1.32 bits per heavy atom. The third-order valence-corrected chi connectivity index (χ3v) is 4.29. The quantitative estimate of drug-likeness (QED) is 0.557. The highest BCUT2D eigenvalue weighted by Gasteiger charge is 2.15. The lowest BCUT2D eigenvalue weighted by Gasteiger charge is -2.02. The van der Waals surface area contributed by atoms with Gasteiger partial charge in [-0.2, -0.15) is 0 Å². The van der Waals surface area contributed by atoms with Crippen LogP contribution in [0.5, 0.6) is 5.75 Å². The number of carbonyl (C=O) groups is 1. The number of aromatic nitrogens is 1. The molecule has 0 spiro atoms. The van der Waals surface area contributed by atoms with Crippen LogP contribution in [-0.2, 0) is 0 Å². The number of benzene rings is 1. The number of para-hydroxylation sites is 1. The molecule has 4 aromatic rings. The van der Waals surface area contributed by atoms with Crippen molar-refractivity contribution in [2.45, 2.75) is 6.92 Å². The summed E-state index contributed by atoms with van der Waals surface area (Å²) in [5.41, 5.74) is 1.34. The van der Waals surface area contributed by atoms with E-state index in [2.05, 4.69) is 10.3 Å². The number of rotatable bonds is 5. The molecule has 3 heterocycles. The van der Waals surface area contributed by atoms with Gasteiger partial charge in [-0.05, 0) is 31.2 Å². The summed E-state index contributed by atoms with van der Waals surface area (Å²) in [6.07, 6.45) is 1.45. The number of carbonyl (C=O) groups excluding carboxylic acids is 1. The van der Waals surface area contributed by atoms with Crippen LogP contribution in [-0.4, -0.2) is 17.5 Å². The van der Waals surface area contributed by atoms with Gasteiger partial charge in [0.05, 0.1) is 12.9 Å². The van der Waals surface area contributed by atoms with E-state index in [0.29, 0.717) is 34.5 Å². The Morgan fingerprint density at radius 2 is 2.24 bits per heavy atom. The summed E-state index contributed by atoms with van der Waals surface area (Å²) < 4.78 is 16.6. The summed E-state index contributed by atoms with van der Waals surface area (Å²) in [5, 5.41) is 5.95. The fourth-order valence-electron chi connectivity index (χ4n) is 2.44. The van der Waals surface area contributed by atoms with Gasteiger partial charge in [0.2, 0.25) is 0 Å². The van der Waals surface area contributed by atoms with Crippen LogP contribution in [0, 0.1) is 0 Å². The number of anilines is 1. The van der Waals surface area contributed by atoms with E-state index in [1.165, 1.54) is 17.6 Å². The average molecular weight is 354 g/mol. The number of nitrogens with one attached hydrogen (secondary N) is 1. The van der Waals surface area contributed by atoms with E-state index in [9.17, 15) is 4.79 Å². The highest BCUT2D eigenvalue weighted by molar-refractivity contribution is 7.14. The molecule has 0 aliphatic heterocycles. The van der Waals surface area contributed by atoms with E-state index in [4.69, 9.17) is 13.6 Å². The fourth-order valence-corrected chi connectivity index (χ4v) is 3.14. The molecule has 0 aliphatic rings. The summed E-state index contributed by atoms with van der Waals surface area (Å²) in [6, 6.07) is 10.9. The van der Waals surface area contributed by atoms with Crippen molar-refractivity contribution in [2.24, 2.45) is 0 Å². The maximum atomic E-state index is 12.0. The molecule has 3 aromatic heterocycles. The van der Waals surface area contributed by atoms with Gasteiger partial charge < -0.3 is 13.6 Å². The SMILES string of the molecule is CCOc1cccc2cc(-c3csc(NC(=O)c4ccco4)n3)oc12. The molecule has 0 saturated heterocycles. The highest BCUT2D eigenvalue weighted by atomic mass is 32.1. The van der Waals surface area contributed by atoms with Gasteiger partial charge in [0.15, 0.2) is 28.0 Å². The molecule has 1 amide bonds. The van der Waals surface area contributed by atoms with Crippen LogP contribution in [0.3, 0.4) is 0 Å². The fraction of sp³-hybridized carbons (Fsp3) is 0.111. The Balaban J connectivity index is 1.60. The molecular formula is C18H14N2O4S. The third kappa shape index (κ3) is 3.01. The summed E-state index contributed by atoms with van der Waals surface area (Å²) in [5.74, 6) is 1.22. The van der Waals surface area contributed by atoms with Crippen molar-refractivity contribution in [1.29, 1.82) is 0 Å². The Bertz CT molecular complexity index is 1020. The van der Waals surface area contributed by atoms with Crippen LogP contribution in [0.2, 0.25) is 0 Å². The number of furan rings is 2. The molecule has 1 aromatic carbocycles. The summed E-state index contributed by atoms with van der Waals surface area (Å²) in [4.78, 5) is 16.4. The summed E-state index contributed by atoms with van der Waals surface area (Å²) in [7, 11) is 0. The van der Waals surface area contributed by atoms with Gasteiger partial charge in [-0.1, -0.05) is 12.1 Å². The standard InChI is InChI=1S/C18H14N2O4S/c1-2-22-13-6-3-5-11-9-15(24-16(11)13)12-10-25-18(19-12)20-17(21)14-7-4-8-23-14/h3-10H,2H2,1H3,(H,19,20,21). The maximum absolute atomic E-state index is 12.0. The van der Waals surface area contributed by atoms with Crippen LogP contribution >= 0.6 is 11.3 Å². The smallest absolute Gasteiger partial charge is 0.293 e. The minimum atomic E-state index is -0.339. The molecule has 0 fully saturated rings. The molecule has 0 aliphatic carbocycles. The second-order valence-electron chi connectivity index (χ2n) is 5.19. The molecule has 4 rings (SSSR count). The molecule has 0 radical (unpaired) electrons. The van der Waals surface area contributed by atoms with E-state index in [1.54, 1.807) is 12.1 Å². The topological polar surface area (TPSA) is 77.5 Å². The normalized spacial score (nSPS) is 10.9. The van der Waals surface area contributed by atoms with Gasteiger partial charge >= 0.3 is 0 Å². The average Bonchev–Trinajstić information content (AvgIpc) is 3.35. The van der Waals surface area contributed by atoms with Gasteiger partial charge in [-0.15, -0.1) is 11.3 Å². The number of ether oxygens (including phenoxy) is 1. The zero-order chi connectivity index (χ0) is 17.2. The van der Waals surface area contributed by atoms with Crippen molar-refractivity contribution < 1.29 is 18.4 Å². The number of hydrogen-bond donors (Lipinski definition) is 1. The first-order valence-corrected chi connectivity index (χ1v) is 8.58. The molecule has 0 atom stereocenters. The molecule has 0 saturated carbocycles. The van der Waals surface area contributed by atoms with Gasteiger partial charge in [0.25, 0.3) is 5.91 Å². The zero-order valence-electron chi connectivity index (χ0n) is 13.3. The third-order valence-electron chi connectivity index (χ3n) is 3.53.